The van der Waals surface area contributed by atoms with Gasteiger partial charge in [-0.05, 0) is 36.4 Å². The number of amides is 1. The number of nitrogens with one attached hydrogen (secondary N) is 2. The Bertz CT molecular complexity index is 1190. The van der Waals surface area contributed by atoms with Gasteiger partial charge in [-0.1, -0.05) is 0 Å². The van der Waals surface area contributed by atoms with Crippen molar-refractivity contribution in [2.24, 2.45) is 5.14 Å². The number of rotatable bonds is 7. The van der Waals surface area contributed by atoms with Crippen LogP contribution in [0.2, 0.25) is 0 Å². The van der Waals surface area contributed by atoms with Crippen molar-refractivity contribution in [3.8, 4) is 28.5 Å². The van der Waals surface area contributed by atoms with E-state index >= 15 is 0 Å². The number of methoxy groups -OCH3 is 3. The Morgan fingerprint density at radius 2 is 1.73 bits per heavy atom. The summed E-state index contributed by atoms with van der Waals surface area (Å²) in [7, 11) is 0.340. The number of anilines is 1. The van der Waals surface area contributed by atoms with Crippen LogP contribution in [0.3, 0.4) is 0 Å². The number of carbonyl (C=O) groups is 1. The summed E-state index contributed by atoms with van der Waals surface area (Å²) >= 11 is 0. The third-order valence-electron chi connectivity index (χ3n) is 4.25. The molecule has 0 bridgehead atoms. The molecule has 158 valence electrons. The van der Waals surface area contributed by atoms with Gasteiger partial charge in [0.05, 0.1) is 32.7 Å². The predicted molar refractivity (Wildman–Crippen MR) is 109 cm³/mol. The Kier molecular flexibility index (Phi) is 5.94. The molecule has 0 atom stereocenters. The fourth-order valence-corrected chi connectivity index (χ4v) is 3.46. The number of carbonyl (C=O) groups excluding carboxylic acids is 1. The van der Waals surface area contributed by atoms with E-state index in [2.05, 4.69) is 15.5 Å². The van der Waals surface area contributed by atoms with Gasteiger partial charge in [-0.15, -0.1) is 0 Å². The summed E-state index contributed by atoms with van der Waals surface area (Å²) in [4.78, 5) is 12.4. The maximum atomic E-state index is 12.6. The fourth-order valence-electron chi connectivity index (χ4n) is 2.74. The molecule has 0 saturated heterocycles. The van der Waals surface area contributed by atoms with Gasteiger partial charge in [0, 0.05) is 11.6 Å². The standard InChI is InChI=1S/C19H20N4O6S/c1-27-12-5-6-13(17(9-12)29-3)21-19(24)15-10-14(22-23-15)11-4-7-16(28-2)18(8-11)30(20,25)26/h4-10H,1-3H3,(H,21,24)(H,22,23)(H2,20,25,26). The summed E-state index contributed by atoms with van der Waals surface area (Å²) < 4.78 is 39.0. The highest BCUT2D eigenvalue weighted by molar-refractivity contribution is 7.89. The van der Waals surface area contributed by atoms with E-state index in [1.807, 2.05) is 0 Å². The lowest BCUT2D eigenvalue weighted by molar-refractivity contribution is 0.102. The van der Waals surface area contributed by atoms with E-state index in [-0.39, 0.29) is 16.3 Å². The van der Waals surface area contributed by atoms with E-state index in [0.717, 1.165) is 0 Å². The van der Waals surface area contributed by atoms with Gasteiger partial charge in [0.1, 0.15) is 27.8 Å². The molecule has 11 heteroatoms. The van der Waals surface area contributed by atoms with Gasteiger partial charge < -0.3 is 19.5 Å². The largest absolute Gasteiger partial charge is 0.497 e. The third kappa shape index (κ3) is 4.36. The van der Waals surface area contributed by atoms with E-state index in [1.165, 1.54) is 39.5 Å². The Morgan fingerprint density at radius 3 is 2.37 bits per heavy atom. The molecule has 0 spiro atoms. The number of ether oxygens (including phenoxy) is 3. The van der Waals surface area contributed by atoms with Crippen LogP contribution in [-0.2, 0) is 10.0 Å². The van der Waals surface area contributed by atoms with Gasteiger partial charge in [0.15, 0.2) is 0 Å². The molecule has 4 N–H and O–H groups in total. The maximum Gasteiger partial charge on any atom is 0.273 e. The molecular weight excluding hydrogens is 412 g/mol. The number of nitrogens with two attached hydrogens (primary N) is 1. The van der Waals surface area contributed by atoms with Crippen LogP contribution < -0.4 is 24.7 Å². The zero-order valence-corrected chi connectivity index (χ0v) is 17.2. The summed E-state index contributed by atoms with van der Waals surface area (Å²) in [5.41, 5.74) is 1.41. The van der Waals surface area contributed by atoms with Gasteiger partial charge >= 0.3 is 0 Å². The van der Waals surface area contributed by atoms with E-state index < -0.39 is 15.9 Å². The molecule has 0 aliphatic rings. The Hall–Kier alpha value is -3.57. The molecule has 3 aromatic rings. The van der Waals surface area contributed by atoms with Crippen molar-refractivity contribution in [1.29, 1.82) is 0 Å². The zero-order chi connectivity index (χ0) is 21.9. The second-order valence-electron chi connectivity index (χ2n) is 6.10. The second-order valence-corrected chi connectivity index (χ2v) is 7.63. The third-order valence-corrected chi connectivity index (χ3v) is 5.18. The van der Waals surface area contributed by atoms with Crippen molar-refractivity contribution < 1.29 is 27.4 Å². The van der Waals surface area contributed by atoms with Crippen molar-refractivity contribution in [2.75, 3.05) is 26.6 Å². The minimum absolute atomic E-state index is 0.112. The second kappa shape index (κ2) is 8.43. The van der Waals surface area contributed by atoms with Crippen LogP contribution in [0.4, 0.5) is 5.69 Å². The molecule has 0 radical (unpaired) electrons. The van der Waals surface area contributed by atoms with Crippen molar-refractivity contribution in [2.45, 2.75) is 4.90 Å². The number of H-pyrrole nitrogens is 1. The van der Waals surface area contributed by atoms with Crippen LogP contribution in [0.5, 0.6) is 17.2 Å². The molecule has 1 heterocycles. The lowest BCUT2D eigenvalue weighted by atomic mass is 10.1. The van der Waals surface area contributed by atoms with Crippen LogP contribution in [0.25, 0.3) is 11.3 Å². The highest BCUT2D eigenvalue weighted by atomic mass is 32.2. The number of aromatic amines is 1. The summed E-state index contributed by atoms with van der Waals surface area (Å²) in [5.74, 6) is 0.660. The number of primary sulfonamides is 1. The maximum absolute atomic E-state index is 12.6. The normalized spacial score (nSPS) is 11.1. The number of hydrogen-bond donors (Lipinski definition) is 3. The van der Waals surface area contributed by atoms with Gasteiger partial charge in [-0.3, -0.25) is 9.89 Å². The molecule has 0 aliphatic heterocycles. The minimum atomic E-state index is -4.01. The van der Waals surface area contributed by atoms with E-state index in [4.69, 9.17) is 19.3 Å². The molecule has 3 rings (SSSR count). The number of benzene rings is 2. The SMILES string of the molecule is COc1ccc(NC(=O)c2cc(-c3ccc(OC)c(S(N)(=O)=O)c3)n[nH]2)c(OC)c1. The van der Waals surface area contributed by atoms with Crippen LogP contribution in [0.1, 0.15) is 10.5 Å². The molecule has 1 aromatic heterocycles. The summed E-state index contributed by atoms with van der Waals surface area (Å²) in [5, 5.41) is 14.7. The highest BCUT2D eigenvalue weighted by Gasteiger charge is 2.18. The topological polar surface area (TPSA) is 146 Å². The van der Waals surface area contributed by atoms with Gasteiger partial charge in [0.25, 0.3) is 5.91 Å². The fraction of sp³-hybridized carbons (Fsp3) is 0.158. The zero-order valence-electron chi connectivity index (χ0n) is 16.4. The van der Waals surface area contributed by atoms with Gasteiger partial charge in [0.2, 0.25) is 10.0 Å². The molecule has 1 amide bonds. The van der Waals surface area contributed by atoms with Crippen molar-refractivity contribution in [3.63, 3.8) is 0 Å². The number of aromatic nitrogens is 2. The lowest BCUT2D eigenvalue weighted by Crippen LogP contribution is -2.13. The summed E-state index contributed by atoms with van der Waals surface area (Å²) in [6, 6.07) is 10.9. The first-order chi connectivity index (χ1) is 14.3. The smallest absolute Gasteiger partial charge is 0.273 e. The van der Waals surface area contributed by atoms with Crippen LogP contribution >= 0.6 is 0 Å². The minimum Gasteiger partial charge on any atom is -0.497 e. The first-order valence-corrected chi connectivity index (χ1v) is 10.1. The monoisotopic (exact) mass is 432 g/mol. The van der Waals surface area contributed by atoms with Gasteiger partial charge in [-0.25, -0.2) is 13.6 Å². The molecule has 0 saturated carbocycles. The summed E-state index contributed by atoms with van der Waals surface area (Å²) in [6.07, 6.45) is 0. The van der Waals surface area contributed by atoms with E-state index in [0.29, 0.717) is 28.4 Å². The number of nitrogens with zero attached hydrogens (tertiary/aromatic N) is 1. The average Bonchev–Trinajstić information content (AvgIpc) is 3.23. The van der Waals surface area contributed by atoms with Crippen molar-refractivity contribution in [3.05, 3.63) is 48.2 Å². The molecular formula is C19H20N4O6S. The molecule has 0 fully saturated rings. The average molecular weight is 432 g/mol. The van der Waals surface area contributed by atoms with E-state index in [9.17, 15) is 13.2 Å². The number of hydrogen-bond acceptors (Lipinski definition) is 7. The van der Waals surface area contributed by atoms with Crippen molar-refractivity contribution in [1.82, 2.24) is 10.2 Å². The predicted octanol–water partition coefficient (Wildman–Crippen LogP) is 2.00. The Labute approximate surface area is 173 Å². The number of sulfonamides is 1. The quantitative estimate of drug-likeness (QED) is 0.517. The molecule has 2 aromatic carbocycles. The first-order valence-electron chi connectivity index (χ1n) is 8.57. The first kappa shape index (κ1) is 21.1. The summed E-state index contributed by atoms with van der Waals surface area (Å²) in [6.45, 7) is 0. The van der Waals surface area contributed by atoms with Crippen LogP contribution in [-0.4, -0.2) is 45.9 Å². The van der Waals surface area contributed by atoms with Crippen molar-refractivity contribution >= 4 is 21.6 Å². The van der Waals surface area contributed by atoms with Crippen LogP contribution in [0.15, 0.2) is 47.4 Å². The van der Waals surface area contributed by atoms with Gasteiger partial charge in [-0.2, -0.15) is 5.10 Å². The van der Waals surface area contributed by atoms with Crippen LogP contribution in [0, 0.1) is 0 Å². The molecule has 0 unspecified atom stereocenters. The molecule has 0 aliphatic carbocycles. The Balaban J connectivity index is 1.87. The Morgan fingerprint density at radius 1 is 1.00 bits per heavy atom. The van der Waals surface area contributed by atoms with E-state index in [1.54, 1.807) is 24.3 Å². The molecule has 30 heavy (non-hydrogen) atoms. The lowest BCUT2D eigenvalue weighted by Gasteiger charge is -2.10. The molecule has 10 nitrogen and oxygen atoms in total. The highest BCUT2D eigenvalue weighted by Crippen LogP contribution is 2.30.